The van der Waals surface area contributed by atoms with E-state index in [0.29, 0.717) is 0 Å². The number of hydrogen-bond donors (Lipinski definition) is 0. The van der Waals surface area contributed by atoms with Crippen LogP contribution in [0.4, 0.5) is 11.4 Å². The Morgan fingerprint density at radius 1 is 0.519 bits per heavy atom. The number of hydrogen-bond acceptors (Lipinski definition) is 3. The molecule has 4 heterocycles. The molecule has 0 spiro atoms. The lowest BCUT2D eigenvalue weighted by Gasteiger charge is -2.27. The Balaban J connectivity index is 1.13. The van der Waals surface area contributed by atoms with E-state index in [0.717, 1.165) is 77.7 Å². The fourth-order valence-corrected chi connectivity index (χ4v) is 9.23. The third kappa shape index (κ3) is 4.31. The normalized spacial score (nSPS) is 13.5. The van der Waals surface area contributed by atoms with Crippen LogP contribution in [0.1, 0.15) is 16.0 Å². The van der Waals surface area contributed by atoms with Crippen molar-refractivity contribution in [2.24, 2.45) is 0 Å². The van der Waals surface area contributed by atoms with Crippen molar-refractivity contribution in [1.29, 1.82) is 0 Å². The Morgan fingerprint density at radius 2 is 1.21 bits per heavy atom. The van der Waals surface area contributed by atoms with Gasteiger partial charge in [0.25, 0.3) is 0 Å². The van der Waals surface area contributed by atoms with Crippen molar-refractivity contribution in [1.82, 2.24) is 4.57 Å². The molecule has 1 aliphatic heterocycles. The second-order valence-electron chi connectivity index (χ2n) is 13.4. The fourth-order valence-electron chi connectivity index (χ4n) is 8.06. The summed E-state index contributed by atoms with van der Waals surface area (Å²) in [6.45, 7) is 4.71. The highest BCUT2D eigenvalue weighted by molar-refractivity contribution is 7.20. The van der Waals surface area contributed by atoms with E-state index in [1.54, 1.807) is 0 Å². The number of anilines is 2. The summed E-state index contributed by atoms with van der Waals surface area (Å²) in [7, 11) is 0. The molecule has 3 aromatic heterocycles. The van der Waals surface area contributed by atoms with Gasteiger partial charge in [0.1, 0.15) is 11.2 Å². The van der Waals surface area contributed by atoms with Gasteiger partial charge < -0.3 is 13.9 Å². The third-order valence-electron chi connectivity index (χ3n) is 10.5. The number of furan rings is 1. The minimum absolute atomic E-state index is 0.900. The Morgan fingerprint density at radius 3 is 2.06 bits per heavy atom. The van der Waals surface area contributed by atoms with E-state index in [1.165, 1.54) is 25.9 Å². The van der Waals surface area contributed by atoms with Crippen molar-refractivity contribution in [3.8, 4) is 16.8 Å². The van der Waals surface area contributed by atoms with E-state index in [2.05, 4.69) is 167 Å². The van der Waals surface area contributed by atoms with E-state index in [-0.39, 0.29) is 0 Å². The molecule has 3 nitrogen and oxygen atoms in total. The molecule has 0 saturated carbocycles. The lowest BCUT2D eigenvalue weighted by molar-refractivity contribution is 0.669. The number of thiophene rings is 1. The number of rotatable bonds is 3. The van der Waals surface area contributed by atoms with Gasteiger partial charge in [-0.1, -0.05) is 97.6 Å². The van der Waals surface area contributed by atoms with Gasteiger partial charge >= 0.3 is 0 Å². The molecule has 0 aliphatic carbocycles. The summed E-state index contributed by atoms with van der Waals surface area (Å²) in [6.07, 6.45) is 4.48. The molecule has 0 fully saturated rings. The van der Waals surface area contributed by atoms with Crippen molar-refractivity contribution in [2.75, 3.05) is 4.90 Å². The smallest absolute Gasteiger partial charge is 0.136 e. The van der Waals surface area contributed by atoms with Crippen molar-refractivity contribution >= 4 is 88.2 Å². The molecular weight excluding hydrogens is 653 g/mol. The minimum atomic E-state index is 0.900. The second-order valence-corrected chi connectivity index (χ2v) is 14.5. The van der Waals surface area contributed by atoms with Gasteiger partial charge in [0.05, 0.1) is 16.7 Å². The predicted molar refractivity (Wildman–Crippen MR) is 221 cm³/mol. The highest BCUT2D eigenvalue weighted by Crippen LogP contribution is 2.46. The molecule has 0 bridgehead atoms. The summed E-state index contributed by atoms with van der Waals surface area (Å²) in [5.74, 6) is 0. The zero-order valence-corrected chi connectivity index (χ0v) is 28.9. The molecule has 0 amide bonds. The molecule has 0 atom stereocenters. The van der Waals surface area contributed by atoms with Gasteiger partial charge in [-0.2, -0.15) is 0 Å². The largest absolute Gasteiger partial charge is 0.456 e. The SMILES string of the molecule is C=C1c2ccc(-c3ccc4c(c3)c3cc5oc6ccccc6c5cc3n4-c3ccccc3)cc2N(c2ccccc2)/C=C\c2c1sc1ccccc21. The number of fused-ring (bicyclic) bond motifs is 10. The van der Waals surface area contributed by atoms with Crippen LogP contribution >= 0.6 is 11.3 Å². The molecule has 7 aromatic carbocycles. The first kappa shape index (κ1) is 29.1. The first-order valence-corrected chi connectivity index (χ1v) is 18.3. The standard InChI is InChI=1S/C48H30N2OS/c1-30-35-22-20-32(27-43(35)49(33-12-4-2-5-13-33)25-24-38-37-17-9-11-19-47(37)52-48(30)38)31-21-23-42-39(26-31)40-29-46-41(36-16-8-10-18-45(36)51-46)28-44(40)50(42)34-14-6-3-7-15-34/h2-29H,1H2/b25-24-. The second kappa shape index (κ2) is 11.2. The Bertz CT molecular complexity index is 3090. The molecular formula is C48H30N2OS. The summed E-state index contributed by atoms with van der Waals surface area (Å²) in [5.41, 5.74) is 13.1. The highest BCUT2D eigenvalue weighted by Gasteiger charge is 2.23. The Hall–Kier alpha value is -6.62. The summed E-state index contributed by atoms with van der Waals surface area (Å²) >= 11 is 1.82. The van der Waals surface area contributed by atoms with Crippen molar-refractivity contribution < 1.29 is 4.42 Å². The topological polar surface area (TPSA) is 21.3 Å². The van der Waals surface area contributed by atoms with Crippen LogP contribution < -0.4 is 4.90 Å². The first-order valence-electron chi connectivity index (χ1n) is 17.5. The first-order chi connectivity index (χ1) is 25.7. The molecule has 11 rings (SSSR count). The van der Waals surface area contributed by atoms with Gasteiger partial charge in [-0.25, -0.2) is 0 Å². The van der Waals surface area contributed by atoms with Crippen LogP contribution in [0.5, 0.6) is 0 Å². The minimum Gasteiger partial charge on any atom is -0.456 e. The van der Waals surface area contributed by atoms with Crippen LogP contribution in [-0.2, 0) is 0 Å². The Labute approximate surface area is 304 Å². The van der Waals surface area contributed by atoms with E-state index < -0.39 is 0 Å². The van der Waals surface area contributed by atoms with Gasteiger partial charge in [-0.3, -0.25) is 0 Å². The zero-order valence-electron chi connectivity index (χ0n) is 28.1. The number of para-hydroxylation sites is 3. The maximum absolute atomic E-state index is 6.40. The molecule has 0 unspecified atom stereocenters. The molecule has 244 valence electrons. The van der Waals surface area contributed by atoms with Crippen molar-refractivity contribution in [2.45, 2.75) is 0 Å². The zero-order chi connectivity index (χ0) is 34.3. The third-order valence-corrected chi connectivity index (χ3v) is 11.8. The lowest BCUT2D eigenvalue weighted by Crippen LogP contribution is -2.12. The monoisotopic (exact) mass is 682 g/mol. The maximum Gasteiger partial charge on any atom is 0.136 e. The predicted octanol–water partition coefficient (Wildman–Crippen LogP) is 13.7. The molecule has 0 N–H and O–H groups in total. The molecule has 52 heavy (non-hydrogen) atoms. The van der Waals surface area contributed by atoms with Crippen LogP contribution in [0.3, 0.4) is 0 Å². The van der Waals surface area contributed by atoms with E-state index in [9.17, 15) is 0 Å². The summed E-state index contributed by atoms with van der Waals surface area (Å²) in [6, 6.07) is 56.4. The average molecular weight is 683 g/mol. The number of benzene rings is 7. The van der Waals surface area contributed by atoms with Gasteiger partial charge in [0.2, 0.25) is 0 Å². The fraction of sp³-hybridized carbons (Fsp3) is 0. The van der Waals surface area contributed by atoms with Crippen LogP contribution in [-0.4, -0.2) is 4.57 Å². The van der Waals surface area contributed by atoms with Crippen molar-refractivity contribution in [3.63, 3.8) is 0 Å². The molecule has 4 heteroatoms. The number of aromatic nitrogens is 1. The molecule has 0 radical (unpaired) electrons. The lowest BCUT2D eigenvalue weighted by atomic mass is 9.94. The van der Waals surface area contributed by atoms with Crippen LogP contribution in [0.25, 0.3) is 82.3 Å². The van der Waals surface area contributed by atoms with Gasteiger partial charge in [0.15, 0.2) is 0 Å². The van der Waals surface area contributed by atoms with Gasteiger partial charge in [0, 0.05) is 65.2 Å². The highest BCUT2D eigenvalue weighted by atomic mass is 32.1. The van der Waals surface area contributed by atoms with Crippen LogP contribution in [0, 0.1) is 0 Å². The quantitative estimate of drug-likeness (QED) is 0.185. The van der Waals surface area contributed by atoms with E-state index in [4.69, 9.17) is 11.0 Å². The Kier molecular flexibility index (Phi) is 6.27. The maximum atomic E-state index is 6.40. The molecule has 0 saturated heterocycles. The van der Waals surface area contributed by atoms with Crippen LogP contribution in [0.15, 0.2) is 175 Å². The van der Waals surface area contributed by atoms with Gasteiger partial charge in [-0.15, -0.1) is 11.3 Å². The van der Waals surface area contributed by atoms with Gasteiger partial charge in [-0.05, 0) is 89.5 Å². The summed E-state index contributed by atoms with van der Waals surface area (Å²) < 4.78 is 10.1. The van der Waals surface area contributed by atoms with E-state index >= 15 is 0 Å². The molecule has 1 aliphatic rings. The molecule has 10 aromatic rings. The van der Waals surface area contributed by atoms with E-state index in [1.807, 2.05) is 23.5 Å². The van der Waals surface area contributed by atoms with Crippen LogP contribution in [0.2, 0.25) is 0 Å². The van der Waals surface area contributed by atoms with Crippen molar-refractivity contribution in [3.05, 3.63) is 187 Å². The summed E-state index contributed by atoms with van der Waals surface area (Å²) in [5, 5.41) is 5.87. The summed E-state index contributed by atoms with van der Waals surface area (Å²) in [4.78, 5) is 3.52. The average Bonchev–Trinajstić information content (AvgIpc) is 3.86. The number of nitrogens with zero attached hydrogens (tertiary/aromatic N) is 2.